The Morgan fingerprint density at radius 1 is 0.879 bits per heavy atom. The number of ether oxygens (including phenoxy) is 5. The number of benzene rings is 1. The van der Waals surface area contributed by atoms with Gasteiger partial charge in [0.25, 0.3) is 0 Å². The Bertz CT molecular complexity index is 916. The normalized spacial score (nSPS) is 24.9. The summed E-state index contributed by atoms with van der Waals surface area (Å²) in [6.07, 6.45) is -7.99. The molecule has 33 heavy (non-hydrogen) atoms. The molecule has 1 saturated heterocycles. The number of aliphatic hydroxyl groups excluding tert-OH is 1. The molecule has 1 fully saturated rings. The van der Waals surface area contributed by atoms with Crippen molar-refractivity contribution in [1.29, 1.82) is 0 Å². The van der Waals surface area contributed by atoms with Gasteiger partial charge in [-0.3, -0.25) is 19.2 Å². The van der Waals surface area contributed by atoms with E-state index < -0.39 is 60.5 Å². The fourth-order valence-corrected chi connectivity index (χ4v) is 3.28. The van der Waals surface area contributed by atoms with Crippen molar-refractivity contribution in [2.75, 3.05) is 6.61 Å². The van der Waals surface area contributed by atoms with Gasteiger partial charge < -0.3 is 28.8 Å². The summed E-state index contributed by atoms with van der Waals surface area (Å²) in [7, 11) is 0. The maximum atomic E-state index is 11.8. The molecule has 0 spiro atoms. The van der Waals surface area contributed by atoms with Gasteiger partial charge in [-0.25, -0.2) is 0 Å². The van der Waals surface area contributed by atoms with E-state index in [0.717, 1.165) is 20.8 Å². The van der Waals surface area contributed by atoms with Crippen LogP contribution in [0.5, 0.6) is 0 Å². The number of esters is 4. The first kappa shape index (κ1) is 25.8. The van der Waals surface area contributed by atoms with Gasteiger partial charge in [0, 0.05) is 33.3 Å². The summed E-state index contributed by atoms with van der Waals surface area (Å²) in [5, 5.41) is 10.8. The lowest BCUT2D eigenvalue weighted by molar-refractivity contribution is -0.261. The van der Waals surface area contributed by atoms with Crippen LogP contribution in [0.25, 0.3) is 0 Å². The van der Waals surface area contributed by atoms with Crippen molar-refractivity contribution in [3.05, 3.63) is 35.9 Å². The number of carbonyl (C=O) groups is 4. The molecule has 1 N–H and O–H groups in total. The van der Waals surface area contributed by atoms with Crippen molar-refractivity contribution in [3.8, 4) is 11.8 Å². The van der Waals surface area contributed by atoms with Crippen molar-refractivity contribution in [2.24, 2.45) is 0 Å². The van der Waals surface area contributed by atoms with Gasteiger partial charge in [0.15, 0.2) is 18.3 Å². The Kier molecular flexibility index (Phi) is 9.39. The van der Waals surface area contributed by atoms with Crippen molar-refractivity contribution in [2.45, 2.75) is 64.3 Å². The molecule has 1 aromatic carbocycles. The van der Waals surface area contributed by atoms with Crippen LogP contribution < -0.4 is 0 Å². The maximum Gasteiger partial charge on any atom is 0.303 e. The summed E-state index contributed by atoms with van der Waals surface area (Å²) in [6, 6.07) is 8.80. The summed E-state index contributed by atoms with van der Waals surface area (Å²) in [4.78, 5) is 46.7. The molecule has 178 valence electrons. The standard InChI is InChI=1S/C23H26O10/c1-13(24)29-12-19-21(30-14(2)25)23(32-16(4)27)22(31-15(3)26)20(33-19)18(28)11-10-17-8-6-5-7-9-17/h5-9,18-23,28H,12H2,1-4H3/t18?,19?,20-,21+,22?,23?/m0/s1. The second-order valence-electron chi connectivity index (χ2n) is 7.24. The largest absolute Gasteiger partial charge is 0.463 e. The van der Waals surface area contributed by atoms with Crippen LogP contribution >= 0.6 is 0 Å². The lowest BCUT2D eigenvalue weighted by atomic mass is 9.91. The van der Waals surface area contributed by atoms with Gasteiger partial charge in [0.2, 0.25) is 0 Å². The van der Waals surface area contributed by atoms with E-state index in [4.69, 9.17) is 23.7 Å². The van der Waals surface area contributed by atoms with E-state index in [1.165, 1.54) is 6.92 Å². The Morgan fingerprint density at radius 3 is 1.97 bits per heavy atom. The van der Waals surface area contributed by atoms with Crippen LogP contribution in [0.1, 0.15) is 33.3 Å². The van der Waals surface area contributed by atoms with Gasteiger partial charge in [-0.2, -0.15) is 0 Å². The monoisotopic (exact) mass is 462 g/mol. The fraction of sp³-hybridized carbons (Fsp3) is 0.478. The second kappa shape index (κ2) is 12.0. The molecule has 0 radical (unpaired) electrons. The SMILES string of the molecule is CC(=O)OCC1O[C@@H](C(O)C#Cc2ccccc2)C(OC(C)=O)C(OC(C)=O)[C@@H]1OC(C)=O. The first-order valence-corrected chi connectivity index (χ1v) is 10.1. The Morgan fingerprint density at radius 2 is 1.42 bits per heavy atom. The van der Waals surface area contributed by atoms with Gasteiger partial charge in [-0.15, -0.1) is 0 Å². The lowest BCUT2D eigenvalue weighted by Crippen LogP contribution is -2.64. The molecule has 1 aliphatic heterocycles. The van der Waals surface area contributed by atoms with Crippen LogP contribution in [0.2, 0.25) is 0 Å². The third-order valence-electron chi connectivity index (χ3n) is 4.48. The quantitative estimate of drug-likeness (QED) is 0.362. The van der Waals surface area contributed by atoms with Crippen LogP contribution in [-0.2, 0) is 42.9 Å². The van der Waals surface area contributed by atoms with Gasteiger partial charge in [0.05, 0.1) is 0 Å². The third kappa shape index (κ3) is 7.89. The van der Waals surface area contributed by atoms with Gasteiger partial charge in [0.1, 0.15) is 24.9 Å². The van der Waals surface area contributed by atoms with E-state index in [-0.39, 0.29) is 6.61 Å². The number of hydrogen-bond donors (Lipinski definition) is 1. The Balaban J connectivity index is 2.46. The van der Waals surface area contributed by atoms with Gasteiger partial charge in [-0.1, -0.05) is 30.0 Å². The minimum Gasteiger partial charge on any atom is -0.463 e. The van der Waals surface area contributed by atoms with E-state index in [1.54, 1.807) is 30.3 Å². The maximum absolute atomic E-state index is 11.8. The highest BCUT2D eigenvalue weighted by Gasteiger charge is 2.53. The Hall–Kier alpha value is -3.42. The number of aliphatic hydroxyl groups is 1. The molecule has 6 atom stereocenters. The number of hydrogen-bond acceptors (Lipinski definition) is 10. The first-order chi connectivity index (χ1) is 15.6. The van der Waals surface area contributed by atoms with Crippen LogP contribution in [0, 0.1) is 11.8 Å². The smallest absolute Gasteiger partial charge is 0.303 e. The van der Waals surface area contributed by atoms with Crippen molar-refractivity contribution in [1.82, 2.24) is 0 Å². The fourth-order valence-electron chi connectivity index (χ4n) is 3.28. The molecule has 0 amide bonds. The first-order valence-electron chi connectivity index (χ1n) is 10.1. The molecular formula is C23H26O10. The molecule has 0 saturated carbocycles. The van der Waals surface area contributed by atoms with Gasteiger partial charge >= 0.3 is 23.9 Å². The highest BCUT2D eigenvalue weighted by atomic mass is 16.7. The van der Waals surface area contributed by atoms with Crippen molar-refractivity contribution >= 4 is 23.9 Å². The molecule has 0 bridgehead atoms. The van der Waals surface area contributed by atoms with E-state index >= 15 is 0 Å². The highest BCUT2D eigenvalue weighted by Crippen LogP contribution is 2.30. The van der Waals surface area contributed by atoms with Crippen LogP contribution in [0.4, 0.5) is 0 Å². The van der Waals surface area contributed by atoms with Crippen molar-refractivity contribution < 1.29 is 48.0 Å². The zero-order chi connectivity index (χ0) is 24.5. The van der Waals surface area contributed by atoms with Crippen molar-refractivity contribution in [3.63, 3.8) is 0 Å². The topological polar surface area (TPSA) is 135 Å². The molecule has 4 unspecified atom stereocenters. The summed E-state index contributed by atoms with van der Waals surface area (Å²) in [5.41, 5.74) is 0.613. The minimum atomic E-state index is -1.51. The highest BCUT2D eigenvalue weighted by molar-refractivity contribution is 5.68. The molecule has 10 nitrogen and oxygen atoms in total. The van der Waals surface area contributed by atoms with E-state index in [9.17, 15) is 24.3 Å². The van der Waals surface area contributed by atoms with E-state index in [1.807, 2.05) is 0 Å². The molecule has 0 aliphatic carbocycles. The summed E-state index contributed by atoms with van der Waals surface area (Å²) >= 11 is 0. The molecule has 10 heteroatoms. The lowest BCUT2D eigenvalue weighted by Gasteiger charge is -2.45. The van der Waals surface area contributed by atoms with Crippen LogP contribution in [0.15, 0.2) is 30.3 Å². The molecule has 0 aromatic heterocycles. The average molecular weight is 462 g/mol. The molecule has 2 rings (SSSR count). The Labute approximate surface area is 191 Å². The predicted octanol–water partition coefficient (Wildman–Crippen LogP) is 0.525. The molecule has 1 aromatic rings. The summed E-state index contributed by atoms with van der Waals surface area (Å²) in [6.45, 7) is 4.16. The average Bonchev–Trinajstić information content (AvgIpc) is 2.73. The minimum absolute atomic E-state index is 0.382. The van der Waals surface area contributed by atoms with E-state index in [2.05, 4.69) is 11.8 Å². The van der Waals surface area contributed by atoms with Crippen LogP contribution in [0.3, 0.4) is 0 Å². The molecule has 1 aliphatic rings. The zero-order valence-corrected chi connectivity index (χ0v) is 18.7. The third-order valence-corrected chi connectivity index (χ3v) is 4.48. The zero-order valence-electron chi connectivity index (χ0n) is 18.7. The number of rotatable bonds is 6. The summed E-state index contributed by atoms with van der Waals surface area (Å²) in [5.74, 6) is 2.52. The predicted molar refractivity (Wildman–Crippen MR) is 111 cm³/mol. The number of carbonyl (C=O) groups excluding carboxylic acids is 4. The summed E-state index contributed by atoms with van der Waals surface area (Å²) < 4.78 is 26.8. The molecule has 1 heterocycles. The molecular weight excluding hydrogens is 436 g/mol. The second-order valence-corrected chi connectivity index (χ2v) is 7.24. The van der Waals surface area contributed by atoms with Crippen LogP contribution in [-0.4, -0.2) is 72.2 Å². The van der Waals surface area contributed by atoms with E-state index in [0.29, 0.717) is 5.56 Å². The van der Waals surface area contributed by atoms with Gasteiger partial charge in [-0.05, 0) is 12.1 Å².